The molecule has 0 atom stereocenters. The first-order valence-electron chi connectivity index (χ1n) is 10.1. The molecule has 1 N–H and O–H groups in total. The molecule has 0 aliphatic rings. The molecule has 0 saturated carbocycles. The van der Waals surface area contributed by atoms with Gasteiger partial charge in [0.25, 0.3) is 0 Å². The van der Waals surface area contributed by atoms with E-state index in [-0.39, 0.29) is 11.7 Å². The summed E-state index contributed by atoms with van der Waals surface area (Å²) in [6.45, 7) is 2.06. The Balaban J connectivity index is 1.46. The monoisotopic (exact) mass is 481 g/mol. The summed E-state index contributed by atoms with van der Waals surface area (Å²) < 4.78 is 8.64. The van der Waals surface area contributed by atoms with Crippen LogP contribution in [0.25, 0.3) is 11.4 Å². The topological polar surface area (TPSA) is 91.0 Å². The van der Waals surface area contributed by atoms with Crippen molar-refractivity contribution in [1.29, 1.82) is 0 Å². The maximum absolute atomic E-state index is 12.5. The molecule has 4 rings (SSSR count). The number of benzene rings is 2. The van der Waals surface area contributed by atoms with Gasteiger partial charge in [0.2, 0.25) is 11.1 Å². The molecule has 4 aromatic rings. The maximum Gasteiger partial charge on any atom is 0.338 e. The van der Waals surface area contributed by atoms with Crippen molar-refractivity contribution in [3.63, 3.8) is 0 Å². The lowest BCUT2D eigenvalue weighted by Crippen LogP contribution is -2.16. The van der Waals surface area contributed by atoms with Crippen molar-refractivity contribution >= 4 is 40.9 Å². The van der Waals surface area contributed by atoms with Crippen molar-refractivity contribution in [2.45, 2.75) is 12.1 Å². The van der Waals surface area contributed by atoms with Crippen LogP contribution < -0.4 is 5.32 Å². The van der Waals surface area contributed by atoms with Gasteiger partial charge in [-0.3, -0.25) is 9.47 Å². The standard InChI is InChI=1S/C23H20ClN5O3S/c1-2-32-22(31)17-7-11-19(12-8-17)25-20(30)15-33-23-27-26-21(16-5-9-18(24)10-6-16)29(23)28-13-3-4-14-28/h3-14H,2,15H2,1H3,(H,25,30). The molecule has 33 heavy (non-hydrogen) atoms. The number of halogens is 1. The van der Waals surface area contributed by atoms with E-state index in [4.69, 9.17) is 16.3 Å². The van der Waals surface area contributed by atoms with Crippen molar-refractivity contribution < 1.29 is 14.3 Å². The predicted octanol–water partition coefficient (Wildman–Crippen LogP) is 4.62. The summed E-state index contributed by atoms with van der Waals surface area (Å²) in [6, 6.07) is 17.7. The van der Waals surface area contributed by atoms with Gasteiger partial charge in [-0.2, -0.15) is 0 Å². The Morgan fingerprint density at radius 2 is 1.73 bits per heavy atom. The van der Waals surface area contributed by atoms with Crippen LogP contribution in [0.5, 0.6) is 0 Å². The number of hydrogen-bond donors (Lipinski definition) is 1. The van der Waals surface area contributed by atoms with Crippen molar-refractivity contribution in [3.8, 4) is 11.4 Å². The fraction of sp³-hybridized carbons (Fsp3) is 0.130. The summed E-state index contributed by atoms with van der Waals surface area (Å²) in [5, 5.41) is 12.6. The van der Waals surface area contributed by atoms with E-state index < -0.39 is 5.97 Å². The van der Waals surface area contributed by atoms with Crippen molar-refractivity contribution in [2.75, 3.05) is 17.7 Å². The van der Waals surface area contributed by atoms with Crippen molar-refractivity contribution in [1.82, 2.24) is 19.5 Å². The lowest BCUT2D eigenvalue weighted by atomic mass is 10.2. The fourth-order valence-electron chi connectivity index (χ4n) is 3.03. The predicted molar refractivity (Wildman–Crippen MR) is 127 cm³/mol. The van der Waals surface area contributed by atoms with Crippen LogP contribution in [-0.2, 0) is 9.53 Å². The van der Waals surface area contributed by atoms with E-state index in [0.29, 0.717) is 33.9 Å². The number of nitrogens with zero attached hydrogens (tertiary/aromatic N) is 4. The number of ether oxygens (including phenoxy) is 1. The highest BCUT2D eigenvalue weighted by Gasteiger charge is 2.17. The Hall–Kier alpha value is -3.56. The van der Waals surface area contributed by atoms with E-state index in [9.17, 15) is 9.59 Å². The minimum absolute atomic E-state index is 0.125. The van der Waals surface area contributed by atoms with E-state index in [2.05, 4.69) is 15.5 Å². The highest BCUT2D eigenvalue weighted by atomic mass is 35.5. The average Bonchev–Trinajstić information content (AvgIpc) is 3.48. The van der Waals surface area contributed by atoms with E-state index in [1.54, 1.807) is 43.3 Å². The average molecular weight is 482 g/mol. The first kappa shape index (κ1) is 22.6. The lowest BCUT2D eigenvalue weighted by Gasteiger charge is -2.11. The number of thioether (sulfide) groups is 1. The molecular weight excluding hydrogens is 462 g/mol. The van der Waals surface area contributed by atoms with Crippen molar-refractivity contribution in [3.05, 3.63) is 83.6 Å². The molecule has 0 aliphatic heterocycles. The zero-order valence-corrected chi connectivity index (χ0v) is 19.2. The summed E-state index contributed by atoms with van der Waals surface area (Å²) in [7, 11) is 0. The smallest absolute Gasteiger partial charge is 0.338 e. The van der Waals surface area contributed by atoms with E-state index in [0.717, 1.165) is 5.56 Å². The van der Waals surface area contributed by atoms with E-state index in [1.165, 1.54) is 11.8 Å². The summed E-state index contributed by atoms with van der Waals surface area (Å²) in [5.74, 6) is 0.144. The SMILES string of the molecule is CCOC(=O)c1ccc(NC(=O)CSc2nnc(-c3ccc(Cl)cc3)n2-n2cccc2)cc1. The van der Waals surface area contributed by atoms with Gasteiger partial charge in [-0.15, -0.1) is 10.2 Å². The normalized spacial score (nSPS) is 10.7. The van der Waals surface area contributed by atoms with Crippen LogP contribution in [0.1, 0.15) is 17.3 Å². The Morgan fingerprint density at radius 3 is 2.39 bits per heavy atom. The van der Waals surface area contributed by atoms with Gasteiger partial charge in [0.1, 0.15) is 0 Å². The molecule has 10 heteroatoms. The number of carbonyl (C=O) groups excluding carboxylic acids is 2. The quantitative estimate of drug-likeness (QED) is 0.292. The second-order valence-electron chi connectivity index (χ2n) is 6.82. The Morgan fingerprint density at radius 1 is 1.03 bits per heavy atom. The number of nitrogens with one attached hydrogen (secondary N) is 1. The number of aromatic nitrogens is 4. The molecular formula is C23H20ClN5O3S. The number of carbonyl (C=O) groups is 2. The minimum atomic E-state index is -0.397. The van der Waals surface area contributed by atoms with Crippen LogP contribution in [0.15, 0.2) is 78.2 Å². The van der Waals surface area contributed by atoms with Gasteiger partial charge in [-0.05, 0) is 67.6 Å². The molecule has 0 aliphatic carbocycles. The molecule has 8 nitrogen and oxygen atoms in total. The van der Waals surface area contributed by atoms with Crippen LogP contribution >= 0.6 is 23.4 Å². The maximum atomic E-state index is 12.5. The Bertz CT molecular complexity index is 1240. The summed E-state index contributed by atoms with van der Waals surface area (Å²) in [4.78, 5) is 24.3. The number of rotatable bonds is 8. The van der Waals surface area contributed by atoms with Gasteiger partial charge in [-0.25, -0.2) is 9.47 Å². The summed E-state index contributed by atoms with van der Waals surface area (Å²) >= 11 is 7.28. The molecule has 168 valence electrons. The first-order chi connectivity index (χ1) is 16.0. The van der Waals surface area contributed by atoms with Crippen molar-refractivity contribution in [2.24, 2.45) is 0 Å². The van der Waals surface area contributed by atoms with Gasteiger partial charge < -0.3 is 10.1 Å². The van der Waals surface area contributed by atoms with Gasteiger partial charge >= 0.3 is 5.97 Å². The third-order valence-corrected chi connectivity index (χ3v) is 5.72. The summed E-state index contributed by atoms with van der Waals surface area (Å²) in [5.41, 5.74) is 1.86. The molecule has 2 aromatic carbocycles. The Kier molecular flexibility index (Phi) is 7.11. The summed E-state index contributed by atoms with van der Waals surface area (Å²) in [6.07, 6.45) is 3.75. The van der Waals surface area contributed by atoms with Crippen LogP contribution in [0, 0.1) is 0 Å². The number of anilines is 1. The van der Waals surface area contributed by atoms with Crippen LogP contribution in [-0.4, -0.2) is 43.8 Å². The third kappa shape index (κ3) is 5.44. The van der Waals surface area contributed by atoms with Crippen LogP contribution in [0.2, 0.25) is 5.02 Å². The molecule has 1 amide bonds. The fourth-order valence-corrected chi connectivity index (χ4v) is 3.89. The van der Waals surface area contributed by atoms with Gasteiger partial charge in [-0.1, -0.05) is 23.4 Å². The molecule has 0 radical (unpaired) electrons. The molecule has 0 spiro atoms. The number of hydrogen-bond acceptors (Lipinski definition) is 6. The molecule has 0 fully saturated rings. The largest absolute Gasteiger partial charge is 0.462 e. The third-order valence-electron chi connectivity index (χ3n) is 4.55. The highest BCUT2D eigenvalue weighted by Crippen LogP contribution is 2.25. The van der Waals surface area contributed by atoms with E-state index >= 15 is 0 Å². The van der Waals surface area contributed by atoms with E-state index in [1.807, 2.05) is 46.0 Å². The highest BCUT2D eigenvalue weighted by molar-refractivity contribution is 7.99. The van der Waals surface area contributed by atoms with Gasteiger partial charge in [0.15, 0.2) is 5.82 Å². The van der Waals surface area contributed by atoms with Gasteiger partial charge in [0, 0.05) is 28.7 Å². The molecule has 0 bridgehead atoms. The zero-order chi connectivity index (χ0) is 23.2. The Labute approximate surface area is 199 Å². The first-order valence-corrected chi connectivity index (χ1v) is 11.5. The molecule has 0 saturated heterocycles. The number of amides is 1. The second kappa shape index (κ2) is 10.4. The number of esters is 1. The zero-order valence-electron chi connectivity index (χ0n) is 17.6. The van der Waals surface area contributed by atoms with Crippen LogP contribution in [0.3, 0.4) is 0 Å². The van der Waals surface area contributed by atoms with Crippen LogP contribution in [0.4, 0.5) is 5.69 Å². The lowest BCUT2D eigenvalue weighted by molar-refractivity contribution is -0.113. The minimum Gasteiger partial charge on any atom is -0.462 e. The molecule has 0 unspecified atom stereocenters. The molecule has 2 heterocycles. The second-order valence-corrected chi connectivity index (χ2v) is 8.20. The molecule has 2 aromatic heterocycles. The van der Waals surface area contributed by atoms with Gasteiger partial charge in [0.05, 0.1) is 17.9 Å².